The first-order valence-corrected chi connectivity index (χ1v) is 5.79. The Labute approximate surface area is 100 Å². The largest absolute Gasteiger partial charge is 0.489 e. The summed E-state index contributed by atoms with van der Waals surface area (Å²) in [5, 5.41) is 1.03. The normalized spacial score (nSPS) is 11.1. The molecule has 0 saturated carbocycles. The topological polar surface area (TPSA) is 22.1 Å². The minimum Gasteiger partial charge on any atom is -0.489 e. The average molecular weight is 233 g/mol. The summed E-state index contributed by atoms with van der Waals surface area (Å²) in [5.74, 6) is 1.10. The van der Waals surface area contributed by atoms with Crippen molar-refractivity contribution in [2.45, 2.75) is 19.8 Å². The molecule has 0 fully saturated rings. The second-order valence-corrected chi connectivity index (χ2v) is 4.32. The first-order chi connectivity index (χ1) is 8.20. The number of pyridine rings is 1. The summed E-state index contributed by atoms with van der Waals surface area (Å²) in [4.78, 5) is 4.29. The maximum atomic E-state index is 12.0. The molecule has 90 valence electrons. The molecule has 2 aromatic rings. The van der Waals surface area contributed by atoms with Crippen molar-refractivity contribution in [3.05, 3.63) is 36.0 Å². The molecule has 0 spiro atoms. The summed E-state index contributed by atoms with van der Waals surface area (Å²) >= 11 is 0. The monoisotopic (exact) mass is 233 g/mol. The molecule has 0 atom stereocenters. The second-order valence-electron chi connectivity index (χ2n) is 4.32. The Kier molecular flexibility index (Phi) is 3.57. The van der Waals surface area contributed by atoms with E-state index in [0.29, 0.717) is 11.7 Å². The summed E-state index contributed by atoms with van der Waals surface area (Å²) in [6.45, 7) is 3.90. The van der Waals surface area contributed by atoms with E-state index in [1.807, 2.05) is 12.1 Å². The Morgan fingerprint density at radius 2 is 2.12 bits per heavy atom. The predicted molar refractivity (Wildman–Crippen MR) is 67.3 cm³/mol. The molecule has 0 saturated heterocycles. The van der Waals surface area contributed by atoms with Crippen molar-refractivity contribution in [1.82, 2.24) is 4.98 Å². The molecular formula is C14H16FNO. The van der Waals surface area contributed by atoms with Crippen LogP contribution in [0.2, 0.25) is 0 Å². The van der Waals surface area contributed by atoms with Crippen molar-refractivity contribution in [2.75, 3.05) is 13.3 Å². The Hall–Kier alpha value is -1.64. The number of fused-ring (bicyclic) bond motifs is 1. The van der Waals surface area contributed by atoms with Crippen LogP contribution in [0.3, 0.4) is 0 Å². The van der Waals surface area contributed by atoms with Crippen LogP contribution in [-0.2, 0) is 0 Å². The third-order valence-electron chi connectivity index (χ3n) is 2.69. The van der Waals surface area contributed by atoms with Gasteiger partial charge in [0.25, 0.3) is 0 Å². The van der Waals surface area contributed by atoms with Gasteiger partial charge in [-0.1, -0.05) is 19.9 Å². The van der Waals surface area contributed by atoms with Crippen LogP contribution in [0.25, 0.3) is 10.9 Å². The maximum Gasteiger partial charge on any atom is 0.138 e. The highest BCUT2D eigenvalue weighted by Crippen LogP contribution is 2.23. The van der Waals surface area contributed by atoms with E-state index in [1.54, 1.807) is 6.20 Å². The van der Waals surface area contributed by atoms with E-state index < -0.39 is 6.67 Å². The third kappa shape index (κ3) is 2.73. The Balaban J connectivity index is 2.36. The zero-order valence-corrected chi connectivity index (χ0v) is 10.1. The highest BCUT2D eigenvalue weighted by atomic mass is 19.1. The van der Waals surface area contributed by atoms with Crippen LogP contribution in [0.4, 0.5) is 4.39 Å². The predicted octanol–water partition coefficient (Wildman–Crippen LogP) is 3.71. The van der Waals surface area contributed by atoms with Crippen LogP contribution in [-0.4, -0.2) is 18.3 Å². The summed E-state index contributed by atoms with van der Waals surface area (Å²) in [7, 11) is 0. The van der Waals surface area contributed by atoms with Crippen LogP contribution < -0.4 is 4.74 Å². The van der Waals surface area contributed by atoms with Crippen LogP contribution in [0.5, 0.6) is 5.75 Å². The van der Waals surface area contributed by atoms with Gasteiger partial charge in [-0.2, -0.15) is 0 Å². The highest BCUT2D eigenvalue weighted by Gasteiger charge is 2.03. The zero-order valence-electron chi connectivity index (χ0n) is 10.1. The molecule has 1 aromatic heterocycles. The van der Waals surface area contributed by atoms with E-state index in [9.17, 15) is 4.39 Å². The van der Waals surface area contributed by atoms with E-state index in [0.717, 1.165) is 10.9 Å². The lowest BCUT2D eigenvalue weighted by atomic mass is 10.0. The minimum atomic E-state index is -0.482. The van der Waals surface area contributed by atoms with Gasteiger partial charge in [0.15, 0.2) is 0 Å². The lowest BCUT2D eigenvalue weighted by Gasteiger charge is -2.08. The van der Waals surface area contributed by atoms with Gasteiger partial charge in [-0.05, 0) is 29.7 Å². The molecular weight excluding hydrogens is 217 g/mol. The highest BCUT2D eigenvalue weighted by molar-refractivity contribution is 5.80. The van der Waals surface area contributed by atoms with Crippen LogP contribution in [0.1, 0.15) is 25.3 Å². The van der Waals surface area contributed by atoms with Gasteiger partial charge in [0.1, 0.15) is 19.0 Å². The Bertz CT molecular complexity index is 511. The van der Waals surface area contributed by atoms with E-state index in [2.05, 4.69) is 31.0 Å². The Morgan fingerprint density at radius 3 is 2.82 bits per heavy atom. The molecule has 1 heterocycles. The summed E-state index contributed by atoms with van der Waals surface area (Å²) in [6.07, 6.45) is 1.63. The molecule has 0 bridgehead atoms. The van der Waals surface area contributed by atoms with Crippen LogP contribution >= 0.6 is 0 Å². The molecule has 0 aliphatic heterocycles. The fourth-order valence-corrected chi connectivity index (χ4v) is 1.72. The van der Waals surface area contributed by atoms with Gasteiger partial charge in [0.05, 0.1) is 11.7 Å². The van der Waals surface area contributed by atoms with Gasteiger partial charge < -0.3 is 4.74 Å². The number of halogens is 1. The molecule has 0 aliphatic rings. The van der Waals surface area contributed by atoms with Crippen molar-refractivity contribution < 1.29 is 9.13 Å². The lowest BCUT2D eigenvalue weighted by Crippen LogP contribution is -1.99. The van der Waals surface area contributed by atoms with Gasteiger partial charge in [-0.25, -0.2) is 4.39 Å². The van der Waals surface area contributed by atoms with Gasteiger partial charge in [0, 0.05) is 5.39 Å². The number of hydrogen-bond donors (Lipinski definition) is 0. The summed E-state index contributed by atoms with van der Waals surface area (Å²) < 4.78 is 17.2. The standard InChI is InChI=1S/C14H16FNO/c1-10(2)11-3-4-14-12(7-11)8-13(9-16-14)17-6-5-15/h3-4,7-10H,5-6H2,1-2H3. The van der Waals surface area contributed by atoms with Crippen molar-refractivity contribution in [3.63, 3.8) is 0 Å². The van der Waals surface area contributed by atoms with Gasteiger partial charge in [-0.15, -0.1) is 0 Å². The summed E-state index contributed by atoms with van der Waals surface area (Å²) in [6, 6.07) is 8.10. The van der Waals surface area contributed by atoms with Crippen molar-refractivity contribution in [1.29, 1.82) is 0 Å². The number of aromatic nitrogens is 1. The molecule has 1 aromatic carbocycles. The van der Waals surface area contributed by atoms with E-state index in [-0.39, 0.29) is 6.61 Å². The maximum absolute atomic E-state index is 12.0. The van der Waals surface area contributed by atoms with Gasteiger partial charge in [-0.3, -0.25) is 4.98 Å². The quantitative estimate of drug-likeness (QED) is 0.803. The molecule has 0 N–H and O–H groups in total. The molecule has 3 heteroatoms. The van der Waals surface area contributed by atoms with Crippen LogP contribution in [0, 0.1) is 0 Å². The number of ether oxygens (including phenoxy) is 1. The first-order valence-electron chi connectivity index (χ1n) is 5.79. The number of rotatable bonds is 4. The number of benzene rings is 1. The number of alkyl halides is 1. The van der Waals surface area contributed by atoms with E-state index >= 15 is 0 Å². The van der Waals surface area contributed by atoms with Crippen molar-refractivity contribution in [2.24, 2.45) is 0 Å². The first kappa shape index (κ1) is 11.8. The second kappa shape index (κ2) is 5.13. The molecule has 0 unspecified atom stereocenters. The van der Waals surface area contributed by atoms with Gasteiger partial charge in [0.2, 0.25) is 0 Å². The molecule has 2 nitrogen and oxygen atoms in total. The zero-order chi connectivity index (χ0) is 12.3. The van der Waals surface area contributed by atoms with Crippen molar-refractivity contribution >= 4 is 10.9 Å². The van der Waals surface area contributed by atoms with Crippen LogP contribution in [0.15, 0.2) is 30.5 Å². The number of nitrogens with zero attached hydrogens (tertiary/aromatic N) is 1. The van der Waals surface area contributed by atoms with Crippen molar-refractivity contribution in [3.8, 4) is 5.75 Å². The minimum absolute atomic E-state index is 0.0804. The molecule has 0 radical (unpaired) electrons. The van der Waals surface area contributed by atoms with E-state index in [4.69, 9.17) is 4.74 Å². The average Bonchev–Trinajstić information content (AvgIpc) is 2.35. The van der Waals surface area contributed by atoms with Gasteiger partial charge >= 0.3 is 0 Å². The molecule has 17 heavy (non-hydrogen) atoms. The molecule has 0 aliphatic carbocycles. The Morgan fingerprint density at radius 1 is 1.29 bits per heavy atom. The fourth-order valence-electron chi connectivity index (χ4n) is 1.72. The molecule has 0 amide bonds. The smallest absolute Gasteiger partial charge is 0.138 e. The lowest BCUT2D eigenvalue weighted by molar-refractivity contribution is 0.273. The third-order valence-corrected chi connectivity index (χ3v) is 2.69. The fraction of sp³-hybridized carbons (Fsp3) is 0.357. The summed E-state index contributed by atoms with van der Waals surface area (Å²) in [5.41, 5.74) is 2.20. The number of hydrogen-bond acceptors (Lipinski definition) is 2. The molecule has 2 rings (SSSR count). The van der Waals surface area contributed by atoms with E-state index in [1.165, 1.54) is 5.56 Å². The SMILES string of the molecule is CC(C)c1ccc2ncc(OCCF)cc2c1.